The molecule has 2 aromatic heterocycles. The van der Waals surface area contributed by atoms with Crippen LogP contribution in [0.1, 0.15) is 20.8 Å². The van der Waals surface area contributed by atoms with Crippen molar-refractivity contribution in [3.05, 3.63) is 98.4 Å². The van der Waals surface area contributed by atoms with Crippen LogP contribution in [0.2, 0.25) is 10.0 Å². The van der Waals surface area contributed by atoms with Gasteiger partial charge in [-0.25, -0.2) is 0 Å². The quantitative estimate of drug-likeness (QED) is 0.363. The van der Waals surface area contributed by atoms with Crippen LogP contribution in [0.25, 0.3) is 0 Å². The third kappa shape index (κ3) is 5.42. The molecule has 8 heteroatoms. The van der Waals surface area contributed by atoms with Gasteiger partial charge in [-0.1, -0.05) is 41.4 Å². The number of ether oxygens (including phenoxy) is 1. The van der Waals surface area contributed by atoms with Crippen LogP contribution >= 0.6 is 34.5 Å². The van der Waals surface area contributed by atoms with E-state index in [2.05, 4.69) is 10.4 Å². The summed E-state index contributed by atoms with van der Waals surface area (Å²) in [5.41, 5.74) is 2.58. The van der Waals surface area contributed by atoms with Crippen molar-refractivity contribution in [2.75, 3.05) is 5.32 Å². The number of hydrogen-bond acceptors (Lipinski definition) is 4. The predicted molar refractivity (Wildman–Crippen MR) is 121 cm³/mol. The molecule has 2 aromatic carbocycles. The summed E-state index contributed by atoms with van der Waals surface area (Å²) in [6, 6.07) is 16.6. The van der Waals surface area contributed by atoms with Gasteiger partial charge in [-0.3, -0.25) is 9.48 Å². The normalized spacial score (nSPS) is 10.7. The number of nitrogens with one attached hydrogen (secondary N) is 1. The number of nitrogens with zero attached hydrogens (tertiary/aromatic N) is 2. The predicted octanol–water partition coefficient (Wildman–Crippen LogP) is 6.13. The standard InChI is InChI=1S/C22H17Cl2N3O2S/c23-17-4-1-3-15(7-17)11-27-12-19(10-25-27)26-22(28)21-8-16(14-30-21)13-29-20-6-2-5-18(24)9-20/h1-10,12,14H,11,13H2,(H,26,28). The van der Waals surface area contributed by atoms with Crippen LogP contribution in [0.5, 0.6) is 5.75 Å². The van der Waals surface area contributed by atoms with Crippen LogP contribution < -0.4 is 10.1 Å². The number of hydrogen-bond donors (Lipinski definition) is 1. The highest BCUT2D eigenvalue weighted by atomic mass is 35.5. The van der Waals surface area contributed by atoms with E-state index in [4.69, 9.17) is 27.9 Å². The van der Waals surface area contributed by atoms with E-state index >= 15 is 0 Å². The second-order valence-corrected chi connectivity index (χ2v) is 8.36. The Morgan fingerprint density at radius 2 is 1.87 bits per heavy atom. The summed E-state index contributed by atoms with van der Waals surface area (Å²) < 4.78 is 7.47. The van der Waals surface area contributed by atoms with Gasteiger partial charge in [-0.2, -0.15) is 5.10 Å². The molecule has 4 aromatic rings. The summed E-state index contributed by atoms with van der Waals surface area (Å²) in [6.45, 7) is 0.933. The van der Waals surface area contributed by atoms with E-state index in [0.29, 0.717) is 39.5 Å². The van der Waals surface area contributed by atoms with Gasteiger partial charge >= 0.3 is 0 Å². The van der Waals surface area contributed by atoms with Gasteiger partial charge < -0.3 is 10.1 Å². The molecule has 5 nitrogen and oxygen atoms in total. The third-order valence-electron chi connectivity index (χ3n) is 4.20. The number of carbonyl (C=O) groups is 1. The largest absolute Gasteiger partial charge is 0.489 e. The van der Waals surface area contributed by atoms with Gasteiger partial charge in [0.25, 0.3) is 5.91 Å². The SMILES string of the molecule is O=C(Nc1cnn(Cc2cccc(Cl)c2)c1)c1cc(COc2cccc(Cl)c2)cs1. The second kappa shape index (κ2) is 9.34. The smallest absolute Gasteiger partial charge is 0.265 e. The van der Waals surface area contributed by atoms with E-state index in [0.717, 1.165) is 11.1 Å². The van der Waals surface area contributed by atoms with Gasteiger partial charge in [0.1, 0.15) is 12.4 Å². The lowest BCUT2D eigenvalue weighted by Crippen LogP contribution is -2.09. The van der Waals surface area contributed by atoms with Gasteiger partial charge in [0.2, 0.25) is 0 Å². The average molecular weight is 458 g/mol. The fourth-order valence-electron chi connectivity index (χ4n) is 2.82. The summed E-state index contributed by atoms with van der Waals surface area (Å²) in [7, 11) is 0. The molecule has 0 aliphatic carbocycles. The van der Waals surface area contributed by atoms with Crippen LogP contribution in [0, 0.1) is 0 Å². The van der Waals surface area contributed by atoms with Crippen LogP contribution in [0.3, 0.4) is 0 Å². The number of halogens is 2. The van der Waals surface area contributed by atoms with Crippen LogP contribution in [0.15, 0.2) is 72.4 Å². The Morgan fingerprint density at radius 3 is 2.67 bits per heavy atom. The number of rotatable bonds is 7. The Labute approximate surface area is 187 Å². The van der Waals surface area contributed by atoms with Crippen molar-refractivity contribution < 1.29 is 9.53 Å². The van der Waals surface area contributed by atoms with Crippen LogP contribution in [-0.4, -0.2) is 15.7 Å². The van der Waals surface area contributed by atoms with Crippen molar-refractivity contribution >= 4 is 46.1 Å². The Morgan fingerprint density at radius 1 is 1.07 bits per heavy atom. The zero-order valence-corrected chi connectivity index (χ0v) is 18.0. The fourth-order valence-corrected chi connectivity index (χ4v) is 4.01. The summed E-state index contributed by atoms with van der Waals surface area (Å²) in [5, 5.41) is 10.4. The zero-order chi connectivity index (χ0) is 20.9. The minimum absolute atomic E-state index is 0.184. The third-order valence-corrected chi connectivity index (χ3v) is 5.65. The highest BCUT2D eigenvalue weighted by Gasteiger charge is 2.11. The molecule has 0 bridgehead atoms. The molecule has 1 N–H and O–H groups in total. The van der Waals surface area contributed by atoms with Crippen molar-refractivity contribution in [3.63, 3.8) is 0 Å². The first kappa shape index (κ1) is 20.5. The number of aromatic nitrogens is 2. The molecule has 0 saturated carbocycles. The minimum Gasteiger partial charge on any atom is -0.489 e. The Kier molecular flexibility index (Phi) is 6.38. The van der Waals surface area contributed by atoms with Crippen LogP contribution in [0.4, 0.5) is 5.69 Å². The Balaban J connectivity index is 1.34. The summed E-state index contributed by atoms with van der Waals surface area (Å²) in [5.74, 6) is 0.503. The first-order valence-corrected chi connectivity index (χ1v) is 10.7. The van der Waals surface area contributed by atoms with E-state index in [1.807, 2.05) is 47.8 Å². The zero-order valence-electron chi connectivity index (χ0n) is 15.7. The lowest BCUT2D eigenvalue weighted by atomic mass is 10.2. The molecule has 4 rings (SSSR count). The maximum Gasteiger partial charge on any atom is 0.265 e. The van der Waals surface area contributed by atoms with Gasteiger partial charge in [0, 0.05) is 21.8 Å². The van der Waals surface area contributed by atoms with Crippen molar-refractivity contribution in [1.82, 2.24) is 9.78 Å². The molecular weight excluding hydrogens is 441 g/mol. The first-order chi connectivity index (χ1) is 14.5. The van der Waals surface area contributed by atoms with E-state index < -0.39 is 0 Å². The maximum absolute atomic E-state index is 12.5. The second-order valence-electron chi connectivity index (χ2n) is 6.58. The topological polar surface area (TPSA) is 56.2 Å². The number of thiophene rings is 1. The molecular formula is C22H17Cl2N3O2S. The number of benzene rings is 2. The highest BCUT2D eigenvalue weighted by molar-refractivity contribution is 7.12. The lowest BCUT2D eigenvalue weighted by molar-refractivity contribution is 0.103. The summed E-state index contributed by atoms with van der Waals surface area (Å²) >= 11 is 13.3. The van der Waals surface area contributed by atoms with Crippen LogP contribution in [-0.2, 0) is 13.2 Å². The molecule has 0 unspecified atom stereocenters. The minimum atomic E-state index is -0.184. The monoisotopic (exact) mass is 457 g/mol. The Bertz CT molecular complexity index is 1170. The van der Waals surface area contributed by atoms with Gasteiger partial charge in [-0.05, 0) is 47.3 Å². The molecule has 0 radical (unpaired) electrons. The molecule has 0 spiro atoms. The lowest BCUT2D eigenvalue weighted by Gasteiger charge is -2.04. The fraction of sp³-hybridized carbons (Fsp3) is 0.0909. The molecule has 30 heavy (non-hydrogen) atoms. The van der Waals surface area contributed by atoms with E-state index in [1.165, 1.54) is 11.3 Å². The molecule has 0 aliphatic rings. The molecule has 2 heterocycles. The number of amides is 1. The summed E-state index contributed by atoms with van der Waals surface area (Å²) in [6.07, 6.45) is 3.41. The molecule has 152 valence electrons. The molecule has 1 amide bonds. The van der Waals surface area contributed by atoms with Crippen molar-refractivity contribution in [2.24, 2.45) is 0 Å². The summed E-state index contributed by atoms with van der Waals surface area (Å²) in [4.78, 5) is 13.1. The average Bonchev–Trinajstić information content (AvgIpc) is 3.36. The van der Waals surface area contributed by atoms with E-state index in [-0.39, 0.29) is 5.91 Å². The van der Waals surface area contributed by atoms with Gasteiger partial charge in [-0.15, -0.1) is 11.3 Å². The molecule has 0 aliphatic heterocycles. The Hall–Kier alpha value is -2.80. The van der Waals surface area contributed by atoms with E-state index in [1.54, 1.807) is 29.2 Å². The maximum atomic E-state index is 12.5. The van der Waals surface area contributed by atoms with Crippen molar-refractivity contribution in [3.8, 4) is 5.75 Å². The number of anilines is 1. The highest BCUT2D eigenvalue weighted by Crippen LogP contribution is 2.21. The molecule has 0 atom stereocenters. The van der Waals surface area contributed by atoms with Crippen molar-refractivity contribution in [1.29, 1.82) is 0 Å². The first-order valence-electron chi connectivity index (χ1n) is 9.09. The molecule has 0 fully saturated rings. The van der Waals surface area contributed by atoms with Crippen molar-refractivity contribution in [2.45, 2.75) is 13.2 Å². The van der Waals surface area contributed by atoms with E-state index in [9.17, 15) is 4.79 Å². The number of carbonyl (C=O) groups excluding carboxylic acids is 1. The van der Waals surface area contributed by atoms with Gasteiger partial charge in [0.05, 0.1) is 23.3 Å². The van der Waals surface area contributed by atoms with Gasteiger partial charge in [0.15, 0.2) is 0 Å². The molecule has 0 saturated heterocycles.